The van der Waals surface area contributed by atoms with Crippen LogP contribution in [0.2, 0.25) is 5.02 Å². The van der Waals surface area contributed by atoms with Crippen LogP contribution in [0.4, 0.5) is 0 Å². The van der Waals surface area contributed by atoms with Gasteiger partial charge < -0.3 is 9.88 Å². The summed E-state index contributed by atoms with van der Waals surface area (Å²) in [6, 6.07) is 15.0. The zero-order chi connectivity index (χ0) is 17.8. The Hall–Kier alpha value is -2.59. The summed E-state index contributed by atoms with van der Waals surface area (Å²) in [6.45, 7) is 4.67. The molecule has 0 fully saturated rings. The molecular formula is C20H20ClN3O. The molecule has 0 bridgehead atoms. The molecule has 0 saturated carbocycles. The number of pyridine rings is 1. The molecule has 0 saturated heterocycles. The highest BCUT2D eigenvalue weighted by Gasteiger charge is 2.17. The maximum Gasteiger partial charge on any atom is 0.268 e. The first kappa shape index (κ1) is 17.2. The predicted molar refractivity (Wildman–Crippen MR) is 101 cm³/mol. The Morgan fingerprint density at radius 3 is 2.60 bits per heavy atom. The number of amides is 1. The number of hydrogen-bond acceptors (Lipinski definition) is 2. The third-order valence-electron chi connectivity index (χ3n) is 4.13. The maximum atomic E-state index is 12.7. The Morgan fingerprint density at radius 2 is 1.96 bits per heavy atom. The quantitative estimate of drug-likeness (QED) is 0.721. The van der Waals surface area contributed by atoms with Crippen LogP contribution in [0.5, 0.6) is 0 Å². The van der Waals surface area contributed by atoms with Gasteiger partial charge in [-0.05, 0) is 49.7 Å². The summed E-state index contributed by atoms with van der Waals surface area (Å²) in [5, 5.41) is 3.71. The largest absolute Gasteiger partial charge is 0.343 e. The fourth-order valence-electron chi connectivity index (χ4n) is 2.74. The van der Waals surface area contributed by atoms with Crippen molar-refractivity contribution >= 4 is 17.5 Å². The molecule has 5 heteroatoms. The summed E-state index contributed by atoms with van der Waals surface area (Å²) >= 11 is 5.95. The van der Waals surface area contributed by atoms with Crippen molar-refractivity contribution in [1.82, 2.24) is 14.9 Å². The van der Waals surface area contributed by atoms with E-state index in [-0.39, 0.29) is 11.9 Å². The highest BCUT2D eigenvalue weighted by molar-refractivity contribution is 6.30. The van der Waals surface area contributed by atoms with Crippen LogP contribution in [0.3, 0.4) is 0 Å². The van der Waals surface area contributed by atoms with Crippen molar-refractivity contribution in [2.75, 3.05) is 0 Å². The van der Waals surface area contributed by atoms with Crippen molar-refractivity contribution in [3.63, 3.8) is 0 Å². The van der Waals surface area contributed by atoms with Crippen molar-refractivity contribution in [2.45, 2.75) is 26.4 Å². The summed E-state index contributed by atoms with van der Waals surface area (Å²) in [5.74, 6) is -0.111. The molecule has 128 valence electrons. The number of carbonyl (C=O) groups excluding carboxylic acids is 1. The average Bonchev–Trinajstić information content (AvgIpc) is 3.07. The summed E-state index contributed by atoms with van der Waals surface area (Å²) in [5.41, 5.74) is 3.50. The number of benzene rings is 1. The lowest BCUT2D eigenvalue weighted by atomic mass is 10.1. The molecule has 0 aliphatic rings. The summed E-state index contributed by atoms with van der Waals surface area (Å²) in [4.78, 5) is 17.0. The Morgan fingerprint density at radius 1 is 1.20 bits per heavy atom. The number of carbonyl (C=O) groups is 1. The molecule has 2 aromatic heterocycles. The van der Waals surface area contributed by atoms with E-state index in [1.165, 1.54) is 0 Å². The molecule has 1 aromatic carbocycles. The molecule has 0 spiro atoms. The maximum absolute atomic E-state index is 12.7. The Labute approximate surface area is 152 Å². The van der Waals surface area contributed by atoms with E-state index in [9.17, 15) is 4.79 Å². The molecule has 1 N–H and O–H groups in total. The first-order chi connectivity index (χ1) is 12.1. The molecule has 0 aliphatic carbocycles. The van der Waals surface area contributed by atoms with E-state index in [2.05, 4.69) is 10.3 Å². The second kappa shape index (κ2) is 7.53. The number of nitrogens with zero attached hydrogens (tertiary/aromatic N) is 2. The molecule has 0 aliphatic heterocycles. The summed E-state index contributed by atoms with van der Waals surface area (Å²) < 4.78 is 1.95. The third-order valence-corrected chi connectivity index (χ3v) is 4.38. The zero-order valence-corrected chi connectivity index (χ0v) is 15.0. The Balaban J connectivity index is 1.83. The average molecular weight is 354 g/mol. The van der Waals surface area contributed by atoms with Gasteiger partial charge in [0, 0.05) is 29.5 Å². The predicted octanol–water partition coefficient (Wildman–Crippen LogP) is 4.71. The van der Waals surface area contributed by atoms with E-state index in [0.717, 1.165) is 16.8 Å². The van der Waals surface area contributed by atoms with Crippen molar-refractivity contribution in [1.29, 1.82) is 0 Å². The lowest BCUT2D eigenvalue weighted by Gasteiger charge is -2.14. The van der Waals surface area contributed by atoms with Gasteiger partial charge in [0.05, 0.1) is 11.7 Å². The molecule has 3 rings (SSSR count). The summed E-state index contributed by atoms with van der Waals surface area (Å²) in [6.07, 6.45) is 3.72. The standard InChI is InChI=1S/C20H20ClN3O/c1-3-24-13-16(15-7-9-17(21)10-8-15)12-19(24)20(25)23-14(2)18-6-4-5-11-22-18/h4-14H,3H2,1-2H3,(H,23,25). The number of halogens is 1. The van der Waals surface area contributed by atoms with Gasteiger partial charge in [0.25, 0.3) is 5.91 Å². The molecule has 1 atom stereocenters. The topological polar surface area (TPSA) is 46.9 Å². The first-order valence-electron chi connectivity index (χ1n) is 8.26. The van der Waals surface area contributed by atoms with Crippen LogP contribution in [0.25, 0.3) is 11.1 Å². The molecule has 1 amide bonds. The second-order valence-corrected chi connectivity index (χ2v) is 6.29. The van der Waals surface area contributed by atoms with E-state index in [0.29, 0.717) is 17.3 Å². The minimum absolute atomic E-state index is 0.111. The monoisotopic (exact) mass is 353 g/mol. The Kier molecular flexibility index (Phi) is 5.19. The van der Waals surface area contributed by atoms with Gasteiger partial charge in [-0.25, -0.2) is 0 Å². The van der Waals surface area contributed by atoms with Gasteiger partial charge >= 0.3 is 0 Å². The zero-order valence-electron chi connectivity index (χ0n) is 14.2. The fraction of sp³-hybridized carbons (Fsp3) is 0.200. The van der Waals surface area contributed by atoms with Crippen LogP contribution < -0.4 is 5.32 Å². The second-order valence-electron chi connectivity index (χ2n) is 5.86. The van der Waals surface area contributed by atoms with Crippen LogP contribution >= 0.6 is 11.6 Å². The molecule has 0 radical (unpaired) electrons. The number of aryl methyl sites for hydroxylation is 1. The van der Waals surface area contributed by atoms with Crippen LogP contribution in [-0.2, 0) is 6.54 Å². The normalized spacial score (nSPS) is 12.0. The van der Waals surface area contributed by atoms with Gasteiger partial charge in [-0.1, -0.05) is 29.8 Å². The van der Waals surface area contributed by atoms with Crippen LogP contribution in [0, 0.1) is 0 Å². The molecule has 3 aromatic rings. The van der Waals surface area contributed by atoms with Crippen LogP contribution in [0.15, 0.2) is 60.9 Å². The molecular weight excluding hydrogens is 334 g/mol. The third kappa shape index (κ3) is 3.91. The van der Waals surface area contributed by atoms with Gasteiger partial charge in [0.1, 0.15) is 5.69 Å². The van der Waals surface area contributed by atoms with Crippen LogP contribution in [-0.4, -0.2) is 15.5 Å². The van der Waals surface area contributed by atoms with E-state index < -0.39 is 0 Å². The van der Waals surface area contributed by atoms with E-state index in [4.69, 9.17) is 11.6 Å². The lowest BCUT2D eigenvalue weighted by molar-refractivity contribution is 0.0930. The number of hydrogen-bond donors (Lipinski definition) is 1. The van der Waals surface area contributed by atoms with E-state index >= 15 is 0 Å². The van der Waals surface area contributed by atoms with Gasteiger partial charge in [-0.15, -0.1) is 0 Å². The SMILES string of the molecule is CCn1cc(-c2ccc(Cl)cc2)cc1C(=O)NC(C)c1ccccn1. The molecule has 1 unspecified atom stereocenters. The van der Waals surface area contributed by atoms with Gasteiger partial charge in [-0.3, -0.25) is 9.78 Å². The lowest BCUT2D eigenvalue weighted by Crippen LogP contribution is -2.28. The van der Waals surface area contributed by atoms with Crippen molar-refractivity contribution in [2.24, 2.45) is 0 Å². The number of rotatable bonds is 5. The van der Waals surface area contributed by atoms with Crippen molar-refractivity contribution in [3.05, 3.63) is 77.3 Å². The molecule has 4 nitrogen and oxygen atoms in total. The highest BCUT2D eigenvalue weighted by Crippen LogP contribution is 2.24. The minimum Gasteiger partial charge on any atom is -0.343 e. The Bertz CT molecular complexity index is 856. The first-order valence-corrected chi connectivity index (χ1v) is 8.64. The van der Waals surface area contributed by atoms with Gasteiger partial charge in [0.15, 0.2) is 0 Å². The highest BCUT2D eigenvalue weighted by atomic mass is 35.5. The van der Waals surface area contributed by atoms with Gasteiger partial charge in [-0.2, -0.15) is 0 Å². The van der Waals surface area contributed by atoms with E-state index in [1.54, 1.807) is 6.20 Å². The smallest absolute Gasteiger partial charge is 0.268 e. The molecule has 25 heavy (non-hydrogen) atoms. The summed E-state index contributed by atoms with van der Waals surface area (Å²) in [7, 11) is 0. The van der Waals surface area contributed by atoms with Crippen molar-refractivity contribution < 1.29 is 4.79 Å². The minimum atomic E-state index is -0.159. The molecule has 2 heterocycles. The number of aromatic nitrogens is 2. The van der Waals surface area contributed by atoms with Crippen LogP contribution in [0.1, 0.15) is 36.1 Å². The number of nitrogens with one attached hydrogen (secondary N) is 1. The fourth-order valence-corrected chi connectivity index (χ4v) is 2.87. The van der Waals surface area contributed by atoms with Gasteiger partial charge in [0.2, 0.25) is 0 Å². The van der Waals surface area contributed by atoms with Crippen molar-refractivity contribution in [3.8, 4) is 11.1 Å². The van der Waals surface area contributed by atoms with E-state index in [1.807, 2.05) is 73.1 Å².